The molecule has 0 radical (unpaired) electrons. The van der Waals surface area contributed by atoms with E-state index in [2.05, 4.69) is 4.98 Å². The van der Waals surface area contributed by atoms with Crippen molar-refractivity contribution < 1.29 is 35.9 Å². The quantitative estimate of drug-likeness (QED) is 0.223. The number of rotatable bonds is 6. The van der Waals surface area contributed by atoms with Gasteiger partial charge in [0.2, 0.25) is 0 Å². The third-order valence-electron chi connectivity index (χ3n) is 7.72. The number of likely N-dealkylation sites (tertiary alicyclic amines) is 1. The predicted molar refractivity (Wildman–Crippen MR) is 148 cm³/mol. The van der Waals surface area contributed by atoms with Crippen molar-refractivity contribution >= 4 is 22.7 Å². The van der Waals surface area contributed by atoms with Crippen LogP contribution in [-0.4, -0.2) is 51.4 Å². The summed E-state index contributed by atoms with van der Waals surface area (Å²) in [5.74, 6) is -2.64. The molecule has 0 spiro atoms. The van der Waals surface area contributed by atoms with Crippen LogP contribution in [0.25, 0.3) is 10.9 Å². The van der Waals surface area contributed by atoms with Crippen LogP contribution in [0.1, 0.15) is 39.9 Å². The lowest BCUT2D eigenvalue weighted by Crippen LogP contribution is -2.55. The monoisotopic (exact) mass is 599 g/mol. The maximum atomic E-state index is 13.9. The van der Waals surface area contributed by atoms with E-state index >= 15 is 0 Å². The number of amides is 2. The Hall–Kier alpha value is -4.41. The number of nitrogens with zero attached hydrogens (tertiary/aromatic N) is 3. The first-order chi connectivity index (χ1) is 20.4. The van der Waals surface area contributed by atoms with Crippen LogP contribution in [0.5, 0.6) is 0 Å². The molecule has 2 heterocycles. The fourth-order valence-corrected chi connectivity index (χ4v) is 5.66. The largest absolute Gasteiger partial charge is 0.471 e. The van der Waals surface area contributed by atoms with E-state index in [1.807, 2.05) is 0 Å². The number of halogens is 6. The van der Waals surface area contributed by atoms with Gasteiger partial charge in [-0.1, -0.05) is 54.6 Å². The third kappa shape index (κ3) is 6.81. The number of alkyl halides is 6. The maximum absolute atomic E-state index is 13.9. The van der Waals surface area contributed by atoms with E-state index in [0.29, 0.717) is 16.5 Å². The van der Waals surface area contributed by atoms with Crippen molar-refractivity contribution in [1.82, 2.24) is 14.8 Å². The molecule has 3 aromatic carbocycles. The van der Waals surface area contributed by atoms with E-state index in [0.717, 1.165) is 28.7 Å². The Balaban J connectivity index is 1.48. The van der Waals surface area contributed by atoms with Gasteiger partial charge in [-0.15, -0.1) is 0 Å². The van der Waals surface area contributed by atoms with E-state index in [-0.39, 0.29) is 37.9 Å². The van der Waals surface area contributed by atoms with Crippen LogP contribution >= 0.6 is 0 Å². The minimum atomic E-state index is -5.14. The number of fused-ring (bicyclic) bond motifs is 1. The average Bonchev–Trinajstić information content (AvgIpc) is 2.99. The number of hydrogen-bond acceptors (Lipinski definition) is 3. The summed E-state index contributed by atoms with van der Waals surface area (Å²) >= 11 is 0. The molecule has 2 atom stereocenters. The molecule has 1 fully saturated rings. The van der Waals surface area contributed by atoms with Crippen molar-refractivity contribution in [3.8, 4) is 0 Å². The Morgan fingerprint density at radius 2 is 1.60 bits per heavy atom. The predicted octanol–water partition coefficient (Wildman–Crippen LogP) is 7.06. The first-order valence-corrected chi connectivity index (χ1v) is 13.6. The molecule has 2 unspecified atom stereocenters. The highest BCUT2D eigenvalue weighted by atomic mass is 19.4. The second kappa shape index (κ2) is 12.1. The van der Waals surface area contributed by atoms with Crippen molar-refractivity contribution in [2.24, 2.45) is 0 Å². The number of para-hydroxylation sites is 1. The molecule has 4 aromatic rings. The zero-order valence-electron chi connectivity index (χ0n) is 22.8. The first kappa shape index (κ1) is 30.1. The van der Waals surface area contributed by atoms with Gasteiger partial charge in [0.05, 0.1) is 11.1 Å². The molecule has 2 amide bonds. The molecule has 1 aliphatic rings. The Morgan fingerprint density at radius 1 is 0.884 bits per heavy atom. The fourth-order valence-electron chi connectivity index (χ4n) is 5.66. The van der Waals surface area contributed by atoms with E-state index in [1.54, 1.807) is 60.7 Å². The highest BCUT2D eigenvalue weighted by molar-refractivity contribution is 5.95. The molecule has 0 N–H and O–H groups in total. The van der Waals surface area contributed by atoms with Crippen LogP contribution < -0.4 is 0 Å². The minimum Gasteiger partial charge on any atom is -0.335 e. The number of benzene rings is 3. The number of carbonyl (C=O) groups excluding carboxylic acids is 2. The molecule has 0 saturated carbocycles. The summed E-state index contributed by atoms with van der Waals surface area (Å²) in [7, 11) is 0. The number of piperidine rings is 1. The standard InChI is InChI=1S/C32H27F6N3O2/c33-31(34,35)24-10-6-9-22(18-24)29(42)40-16-14-25(19-26(40)17-21-7-2-1-3-8-21)41(30(43)32(36,37)38)20-23-13-15-39-28-12-5-4-11-27(23)28/h1-13,15,18,25-26H,14,16-17,19-20H2. The van der Waals surface area contributed by atoms with Crippen LogP contribution in [0, 0.1) is 0 Å². The zero-order valence-corrected chi connectivity index (χ0v) is 22.8. The number of hydrogen-bond donors (Lipinski definition) is 0. The van der Waals surface area contributed by atoms with Gasteiger partial charge in [0.25, 0.3) is 5.91 Å². The van der Waals surface area contributed by atoms with Gasteiger partial charge in [-0.2, -0.15) is 26.3 Å². The lowest BCUT2D eigenvalue weighted by molar-refractivity contribution is -0.189. The van der Waals surface area contributed by atoms with Gasteiger partial charge < -0.3 is 9.80 Å². The number of carbonyl (C=O) groups is 2. The van der Waals surface area contributed by atoms with Crippen LogP contribution in [0.2, 0.25) is 0 Å². The second-order valence-electron chi connectivity index (χ2n) is 10.5. The Bertz CT molecular complexity index is 1600. The lowest BCUT2D eigenvalue weighted by atomic mass is 9.90. The summed E-state index contributed by atoms with van der Waals surface area (Å²) in [6.07, 6.45) is -8.05. The van der Waals surface area contributed by atoms with E-state index in [9.17, 15) is 35.9 Å². The van der Waals surface area contributed by atoms with Gasteiger partial charge >= 0.3 is 18.3 Å². The number of aromatic nitrogens is 1. The third-order valence-corrected chi connectivity index (χ3v) is 7.72. The molecule has 0 bridgehead atoms. The summed E-state index contributed by atoms with van der Waals surface area (Å²) in [6, 6.07) is 20.0. The van der Waals surface area contributed by atoms with Gasteiger partial charge in [0.15, 0.2) is 0 Å². The maximum Gasteiger partial charge on any atom is 0.471 e. The van der Waals surface area contributed by atoms with Crippen LogP contribution in [-0.2, 0) is 23.9 Å². The topological polar surface area (TPSA) is 53.5 Å². The molecular weight excluding hydrogens is 572 g/mol. The minimum absolute atomic E-state index is 0.00440. The second-order valence-corrected chi connectivity index (χ2v) is 10.5. The van der Waals surface area contributed by atoms with Crippen molar-refractivity contribution in [3.05, 3.63) is 113 Å². The molecule has 1 aliphatic heterocycles. The van der Waals surface area contributed by atoms with Gasteiger partial charge in [-0.25, -0.2) is 0 Å². The van der Waals surface area contributed by atoms with Crippen molar-refractivity contribution in [3.63, 3.8) is 0 Å². The average molecular weight is 600 g/mol. The summed E-state index contributed by atoms with van der Waals surface area (Å²) in [4.78, 5) is 32.9. The van der Waals surface area contributed by atoms with Gasteiger partial charge in [-0.3, -0.25) is 14.6 Å². The molecular formula is C32H27F6N3O2. The normalized spacial score (nSPS) is 17.6. The molecule has 43 heavy (non-hydrogen) atoms. The fraction of sp³-hybridized carbons (Fsp3) is 0.281. The first-order valence-electron chi connectivity index (χ1n) is 13.6. The highest BCUT2D eigenvalue weighted by Crippen LogP contribution is 2.33. The smallest absolute Gasteiger partial charge is 0.335 e. The summed E-state index contributed by atoms with van der Waals surface area (Å²) in [6.45, 7) is -0.373. The van der Waals surface area contributed by atoms with Crippen molar-refractivity contribution in [2.45, 2.75) is 50.2 Å². The summed E-state index contributed by atoms with van der Waals surface area (Å²) in [5.41, 5.74) is 0.717. The number of pyridine rings is 1. The zero-order chi connectivity index (χ0) is 30.8. The molecule has 5 nitrogen and oxygen atoms in total. The lowest BCUT2D eigenvalue weighted by Gasteiger charge is -2.44. The van der Waals surface area contributed by atoms with Crippen LogP contribution in [0.3, 0.4) is 0 Å². The molecule has 1 aromatic heterocycles. The van der Waals surface area contributed by atoms with E-state index < -0.39 is 41.8 Å². The molecule has 1 saturated heterocycles. The molecule has 224 valence electrons. The van der Waals surface area contributed by atoms with E-state index in [1.165, 1.54) is 17.2 Å². The van der Waals surface area contributed by atoms with Crippen molar-refractivity contribution in [1.29, 1.82) is 0 Å². The van der Waals surface area contributed by atoms with Crippen molar-refractivity contribution in [2.75, 3.05) is 6.54 Å². The van der Waals surface area contributed by atoms with Gasteiger partial charge in [0.1, 0.15) is 0 Å². The molecule has 5 rings (SSSR count). The van der Waals surface area contributed by atoms with Crippen LogP contribution in [0.15, 0.2) is 91.1 Å². The molecule has 11 heteroatoms. The van der Waals surface area contributed by atoms with E-state index in [4.69, 9.17) is 0 Å². The highest BCUT2D eigenvalue weighted by Gasteiger charge is 2.46. The Morgan fingerprint density at radius 3 is 2.33 bits per heavy atom. The van der Waals surface area contributed by atoms with Gasteiger partial charge in [-0.05, 0) is 60.7 Å². The Kier molecular flexibility index (Phi) is 8.43. The molecule has 0 aliphatic carbocycles. The summed E-state index contributed by atoms with van der Waals surface area (Å²) < 4.78 is 81.9. The van der Waals surface area contributed by atoms with Crippen LogP contribution in [0.4, 0.5) is 26.3 Å². The SMILES string of the molecule is O=C(c1cccc(C(F)(F)F)c1)N1CCC(N(Cc2ccnc3ccccc23)C(=O)C(F)(F)F)CC1Cc1ccccc1. The Labute approximate surface area is 243 Å². The van der Waals surface area contributed by atoms with Gasteiger partial charge in [0, 0.05) is 42.3 Å². The summed E-state index contributed by atoms with van der Waals surface area (Å²) in [5, 5.41) is 0.614.